The summed E-state index contributed by atoms with van der Waals surface area (Å²) in [6, 6.07) is 0. The van der Waals surface area contributed by atoms with Gasteiger partial charge in [0.2, 0.25) is 0 Å². The van der Waals surface area contributed by atoms with Crippen molar-refractivity contribution in [1.82, 2.24) is 0 Å². The first-order valence-corrected chi connectivity index (χ1v) is 4.83. The summed E-state index contributed by atoms with van der Waals surface area (Å²) in [5.41, 5.74) is 0. The Morgan fingerprint density at radius 1 is 0.667 bits per heavy atom. The summed E-state index contributed by atoms with van der Waals surface area (Å²) in [6.45, 7) is -2.92. The molecule has 0 aliphatic rings. The third-order valence-electron chi connectivity index (χ3n) is 1.80. The minimum atomic E-state index is -7.07. The number of aliphatic hydroxyl groups excluding tert-OH is 1. The van der Waals surface area contributed by atoms with E-state index in [1.54, 1.807) is 0 Å². The average Bonchev–Trinajstić information content (AvgIpc) is 2.15. The Balaban J connectivity index is 5.80. The molecule has 0 aliphatic heterocycles. The molecule has 1 nitrogen and oxygen atoms in total. The molecule has 0 saturated heterocycles. The highest BCUT2D eigenvalue weighted by atomic mass is 127. The Bertz CT molecular complexity index is 308. The molecule has 0 aromatic heterocycles. The molecule has 0 aliphatic carbocycles. The Hall–Kier alpha value is -0.0100. The zero-order valence-electron chi connectivity index (χ0n) is 7.81. The predicted octanol–water partition coefficient (Wildman–Crippen LogP) is 3.55. The van der Waals surface area contributed by atoms with Gasteiger partial charge in [0.25, 0.3) is 0 Å². The van der Waals surface area contributed by atoms with Crippen LogP contribution in [-0.4, -0.2) is 39.3 Å². The van der Waals surface area contributed by atoms with Gasteiger partial charge in [-0.25, -0.2) is 0 Å². The van der Waals surface area contributed by atoms with Crippen LogP contribution in [0.3, 0.4) is 0 Å². The van der Waals surface area contributed by atoms with E-state index >= 15 is 0 Å². The molecule has 0 rings (SSSR count). The van der Waals surface area contributed by atoms with E-state index in [-0.39, 0.29) is 0 Å². The fraction of sp³-hybridized carbons (Fsp3) is 1.00. The fourth-order valence-electron chi connectivity index (χ4n) is 0.704. The van der Waals surface area contributed by atoms with Crippen molar-refractivity contribution in [2.24, 2.45) is 0 Å². The molecule has 0 fully saturated rings. The van der Waals surface area contributed by atoms with Gasteiger partial charge in [0.15, 0.2) is 0 Å². The number of alkyl halides is 11. The van der Waals surface area contributed by atoms with Crippen LogP contribution in [0, 0.1) is 0 Å². The zero-order chi connectivity index (χ0) is 15.2. The third kappa shape index (κ3) is 2.36. The molecule has 0 aromatic rings. The van der Waals surface area contributed by atoms with E-state index in [4.69, 9.17) is 5.11 Å². The third-order valence-corrected chi connectivity index (χ3v) is 2.48. The maximum Gasteiger partial charge on any atom is 0.387 e. The Kier molecular flexibility index (Phi) is 4.52. The van der Waals surface area contributed by atoms with Crippen LogP contribution in [0.4, 0.5) is 43.9 Å². The first kappa shape index (κ1) is 18.0. The molecule has 0 saturated carbocycles. The van der Waals surface area contributed by atoms with Crippen molar-refractivity contribution in [2.45, 2.75) is 27.6 Å². The van der Waals surface area contributed by atoms with Crippen molar-refractivity contribution < 1.29 is 49.0 Å². The van der Waals surface area contributed by atoms with Crippen molar-refractivity contribution >= 4 is 22.6 Å². The van der Waals surface area contributed by atoms with Crippen molar-refractivity contribution in [2.75, 3.05) is 6.61 Å². The molecule has 12 heteroatoms. The molecule has 0 radical (unpaired) electrons. The van der Waals surface area contributed by atoms with Gasteiger partial charge >= 0.3 is 27.6 Å². The maximum absolute atomic E-state index is 12.6. The Morgan fingerprint density at radius 2 is 1.00 bits per heavy atom. The van der Waals surface area contributed by atoms with Gasteiger partial charge in [0.1, 0.15) is 6.61 Å². The maximum atomic E-state index is 12.6. The van der Waals surface area contributed by atoms with Crippen molar-refractivity contribution in [3.63, 3.8) is 0 Å². The predicted molar refractivity (Wildman–Crippen MR) is 45.8 cm³/mol. The normalized spacial score (nSPS) is 16.0. The molecular weight excluding hydrogens is 405 g/mol. The van der Waals surface area contributed by atoms with Crippen LogP contribution in [0.5, 0.6) is 0 Å². The lowest BCUT2D eigenvalue weighted by molar-refractivity contribution is -0.389. The molecule has 0 spiro atoms. The van der Waals surface area contributed by atoms with Crippen LogP contribution >= 0.6 is 22.6 Å². The van der Waals surface area contributed by atoms with Gasteiger partial charge in [0.05, 0.1) is 0 Å². The summed E-state index contributed by atoms with van der Waals surface area (Å²) in [4.78, 5) is 0. The molecular formula is C6H3F10IO. The summed E-state index contributed by atoms with van der Waals surface area (Å²) in [5, 5.41) is 7.76. The van der Waals surface area contributed by atoms with Crippen LogP contribution in [0.2, 0.25) is 0 Å². The Morgan fingerprint density at radius 3 is 1.22 bits per heavy atom. The van der Waals surface area contributed by atoms with Crippen LogP contribution in [-0.2, 0) is 0 Å². The first-order chi connectivity index (χ1) is 7.56. The number of aliphatic hydroxyl groups is 1. The van der Waals surface area contributed by atoms with Crippen LogP contribution in [0.15, 0.2) is 0 Å². The second-order valence-corrected chi connectivity index (χ2v) is 4.44. The topological polar surface area (TPSA) is 20.2 Å². The number of halogens is 11. The molecule has 0 atom stereocenters. The fourth-order valence-corrected chi connectivity index (χ4v) is 1.04. The number of hydrogen-bond donors (Lipinski definition) is 1. The van der Waals surface area contributed by atoms with Gasteiger partial charge in [-0.15, -0.1) is 0 Å². The quantitative estimate of drug-likeness (QED) is 0.420. The second-order valence-electron chi connectivity index (χ2n) is 3.08. The highest BCUT2D eigenvalue weighted by molar-refractivity contribution is 14.1. The largest absolute Gasteiger partial charge is 0.390 e. The minimum Gasteiger partial charge on any atom is -0.390 e. The second kappa shape index (κ2) is 4.52. The summed E-state index contributed by atoms with van der Waals surface area (Å²) >= 11 is -0.579. The van der Waals surface area contributed by atoms with Crippen LogP contribution in [0.1, 0.15) is 0 Å². The van der Waals surface area contributed by atoms with E-state index < -0.39 is 56.8 Å². The summed E-state index contributed by atoms with van der Waals surface area (Å²) in [7, 11) is 0. The minimum absolute atomic E-state index is 0.579. The van der Waals surface area contributed by atoms with E-state index in [0.29, 0.717) is 0 Å². The van der Waals surface area contributed by atoms with E-state index in [0.717, 1.165) is 0 Å². The lowest BCUT2D eigenvalue weighted by atomic mass is 9.99. The molecule has 110 valence electrons. The number of rotatable bonds is 5. The molecule has 18 heavy (non-hydrogen) atoms. The SMILES string of the molecule is OCC(F)(F)C(F)(F)C(F)(F)C(F)(F)C(F)(F)I. The van der Waals surface area contributed by atoms with Crippen LogP contribution in [0.25, 0.3) is 0 Å². The average molecular weight is 408 g/mol. The summed E-state index contributed by atoms with van der Waals surface area (Å²) in [6.07, 6.45) is 0. The highest BCUT2D eigenvalue weighted by Gasteiger charge is 2.85. The summed E-state index contributed by atoms with van der Waals surface area (Å²) in [5.74, 6) is -26.7. The van der Waals surface area contributed by atoms with Gasteiger partial charge in [-0.3, -0.25) is 0 Å². The zero-order valence-corrected chi connectivity index (χ0v) is 9.97. The van der Waals surface area contributed by atoms with E-state index in [1.807, 2.05) is 0 Å². The van der Waals surface area contributed by atoms with Gasteiger partial charge in [0, 0.05) is 22.6 Å². The van der Waals surface area contributed by atoms with E-state index in [1.165, 1.54) is 0 Å². The smallest absolute Gasteiger partial charge is 0.387 e. The van der Waals surface area contributed by atoms with Crippen molar-refractivity contribution in [1.29, 1.82) is 0 Å². The van der Waals surface area contributed by atoms with E-state index in [2.05, 4.69) is 0 Å². The number of hydrogen-bond acceptors (Lipinski definition) is 1. The lowest BCUT2D eigenvalue weighted by Gasteiger charge is -2.37. The lowest BCUT2D eigenvalue weighted by Crippen LogP contribution is -2.66. The van der Waals surface area contributed by atoms with Crippen molar-refractivity contribution in [3.05, 3.63) is 0 Å². The highest BCUT2D eigenvalue weighted by Crippen LogP contribution is 2.58. The molecule has 0 amide bonds. The standard InChI is InChI=1S/C6H3F10IO/c7-2(8,1-18)3(9,10)4(11,12)5(13,14)6(15,16)17/h18H,1H2. The molecule has 0 unspecified atom stereocenters. The van der Waals surface area contributed by atoms with Gasteiger partial charge in [-0.2, -0.15) is 43.9 Å². The monoisotopic (exact) mass is 408 g/mol. The first-order valence-electron chi connectivity index (χ1n) is 3.75. The molecule has 0 heterocycles. The van der Waals surface area contributed by atoms with Gasteiger partial charge < -0.3 is 5.11 Å². The Labute approximate surface area is 106 Å². The molecule has 1 N–H and O–H groups in total. The van der Waals surface area contributed by atoms with E-state index in [9.17, 15) is 43.9 Å². The molecule has 0 bridgehead atoms. The van der Waals surface area contributed by atoms with Gasteiger partial charge in [-0.1, -0.05) is 0 Å². The van der Waals surface area contributed by atoms with Crippen LogP contribution < -0.4 is 0 Å². The van der Waals surface area contributed by atoms with Gasteiger partial charge in [-0.05, 0) is 0 Å². The summed E-state index contributed by atoms with van der Waals surface area (Å²) < 4.78 is 118. The van der Waals surface area contributed by atoms with Crippen molar-refractivity contribution in [3.8, 4) is 0 Å². The molecule has 0 aromatic carbocycles.